The van der Waals surface area contributed by atoms with E-state index in [0.29, 0.717) is 31.3 Å². The van der Waals surface area contributed by atoms with Gasteiger partial charge in [0.2, 0.25) is 0 Å². The van der Waals surface area contributed by atoms with Crippen LogP contribution in [0.3, 0.4) is 0 Å². The van der Waals surface area contributed by atoms with E-state index in [9.17, 15) is 4.79 Å². The Morgan fingerprint density at radius 1 is 0.774 bits per heavy atom. The molecule has 3 aromatic rings. The zero-order valence-corrected chi connectivity index (χ0v) is 17.9. The number of para-hydroxylation sites is 1. The van der Waals surface area contributed by atoms with E-state index in [1.54, 1.807) is 0 Å². The first kappa shape index (κ1) is 22.0. The quantitative estimate of drug-likeness (QED) is 0.451. The Hall–Kier alpha value is -3.67. The van der Waals surface area contributed by atoms with Crippen molar-refractivity contribution in [2.75, 3.05) is 30.5 Å². The van der Waals surface area contributed by atoms with Crippen molar-refractivity contribution in [3.63, 3.8) is 0 Å². The van der Waals surface area contributed by atoms with Crippen LogP contribution in [0.4, 0.5) is 11.4 Å². The van der Waals surface area contributed by atoms with Crippen LogP contribution in [0.2, 0.25) is 0 Å². The highest BCUT2D eigenvalue weighted by molar-refractivity contribution is 5.91. The Kier molecular flexibility index (Phi) is 8.17. The van der Waals surface area contributed by atoms with Gasteiger partial charge in [0.05, 0.1) is 13.2 Å². The maximum atomic E-state index is 12.2. The van der Waals surface area contributed by atoms with Gasteiger partial charge in [-0.3, -0.25) is 4.79 Å². The molecule has 0 aliphatic carbocycles. The Bertz CT molecular complexity index is 959. The van der Waals surface area contributed by atoms with Crippen LogP contribution >= 0.6 is 0 Å². The maximum Gasteiger partial charge on any atom is 0.262 e. The molecule has 2 N–H and O–H groups in total. The summed E-state index contributed by atoms with van der Waals surface area (Å²) in [5.74, 6) is 1.77. The second kappa shape index (κ2) is 11.5. The van der Waals surface area contributed by atoms with E-state index >= 15 is 0 Å². The molecule has 3 aromatic carbocycles. The summed E-state index contributed by atoms with van der Waals surface area (Å²) in [5, 5.41) is 6.18. The summed E-state index contributed by atoms with van der Waals surface area (Å²) in [6.45, 7) is 5.56. The number of hydrogen-bond donors (Lipinski definition) is 2. The summed E-state index contributed by atoms with van der Waals surface area (Å²) in [6.07, 6.45) is 0. The third-order valence-corrected chi connectivity index (χ3v) is 4.39. The SMILES string of the molecule is CCOc1ccc(NCc2ccc(OCC(=O)Nc3ccccc3)c(OCC)c2)cc1. The number of hydrogen-bond acceptors (Lipinski definition) is 5. The summed E-state index contributed by atoms with van der Waals surface area (Å²) >= 11 is 0. The van der Waals surface area contributed by atoms with Crippen molar-refractivity contribution >= 4 is 17.3 Å². The van der Waals surface area contributed by atoms with E-state index in [1.165, 1.54) is 0 Å². The zero-order valence-electron chi connectivity index (χ0n) is 17.9. The van der Waals surface area contributed by atoms with Gasteiger partial charge in [0.25, 0.3) is 5.91 Å². The highest BCUT2D eigenvalue weighted by Crippen LogP contribution is 2.29. The minimum Gasteiger partial charge on any atom is -0.494 e. The molecule has 0 atom stereocenters. The molecule has 0 fully saturated rings. The summed E-state index contributed by atoms with van der Waals surface area (Å²) in [6, 6.07) is 22.8. The number of anilines is 2. The molecule has 0 bridgehead atoms. The van der Waals surface area contributed by atoms with Crippen LogP contribution in [0.1, 0.15) is 19.4 Å². The number of amides is 1. The first-order valence-corrected chi connectivity index (χ1v) is 10.4. The molecule has 0 heterocycles. The van der Waals surface area contributed by atoms with Crippen molar-refractivity contribution in [1.82, 2.24) is 0 Å². The van der Waals surface area contributed by atoms with Crippen LogP contribution in [0.5, 0.6) is 17.2 Å². The second-order valence-electron chi connectivity index (χ2n) is 6.73. The van der Waals surface area contributed by atoms with Crippen molar-refractivity contribution < 1.29 is 19.0 Å². The second-order valence-corrected chi connectivity index (χ2v) is 6.73. The molecule has 3 rings (SSSR count). The predicted molar refractivity (Wildman–Crippen MR) is 123 cm³/mol. The van der Waals surface area contributed by atoms with E-state index in [1.807, 2.05) is 86.6 Å². The van der Waals surface area contributed by atoms with Gasteiger partial charge in [-0.1, -0.05) is 24.3 Å². The van der Waals surface area contributed by atoms with E-state index in [0.717, 1.165) is 22.7 Å². The van der Waals surface area contributed by atoms with Gasteiger partial charge in [-0.05, 0) is 67.9 Å². The van der Waals surface area contributed by atoms with Crippen LogP contribution in [0, 0.1) is 0 Å². The molecular formula is C25H28N2O4. The van der Waals surface area contributed by atoms with Crippen LogP contribution in [-0.2, 0) is 11.3 Å². The van der Waals surface area contributed by atoms with Crippen LogP contribution in [0.25, 0.3) is 0 Å². The van der Waals surface area contributed by atoms with E-state index in [4.69, 9.17) is 14.2 Å². The minimum atomic E-state index is -0.227. The number of nitrogens with one attached hydrogen (secondary N) is 2. The summed E-state index contributed by atoms with van der Waals surface area (Å²) in [4.78, 5) is 12.2. The molecule has 162 valence electrons. The lowest BCUT2D eigenvalue weighted by Crippen LogP contribution is -2.20. The highest BCUT2D eigenvalue weighted by Gasteiger charge is 2.10. The molecule has 1 amide bonds. The third-order valence-electron chi connectivity index (χ3n) is 4.39. The summed E-state index contributed by atoms with van der Waals surface area (Å²) in [5.41, 5.74) is 2.77. The van der Waals surface area contributed by atoms with Crippen molar-refractivity contribution in [1.29, 1.82) is 0 Å². The van der Waals surface area contributed by atoms with Crippen molar-refractivity contribution in [3.05, 3.63) is 78.4 Å². The molecule has 0 saturated carbocycles. The van der Waals surface area contributed by atoms with Crippen LogP contribution < -0.4 is 24.8 Å². The molecule has 0 radical (unpaired) electrons. The van der Waals surface area contributed by atoms with E-state index < -0.39 is 0 Å². The average molecular weight is 421 g/mol. The Morgan fingerprint density at radius 3 is 2.23 bits per heavy atom. The number of carbonyl (C=O) groups excluding carboxylic acids is 1. The topological polar surface area (TPSA) is 68.8 Å². The highest BCUT2D eigenvalue weighted by atomic mass is 16.5. The normalized spacial score (nSPS) is 10.3. The fourth-order valence-corrected chi connectivity index (χ4v) is 2.95. The minimum absolute atomic E-state index is 0.0985. The fraction of sp³-hybridized carbons (Fsp3) is 0.240. The fourth-order valence-electron chi connectivity index (χ4n) is 2.95. The van der Waals surface area contributed by atoms with Gasteiger partial charge in [-0.2, -0.15) is 0 Å². The standard InChI is InChI=1S/C25H28N2O4/c1-3-29-22-13-11-20(12-14-22)26-17-19-10-15-23(24(16-19)30-4-2)31-18-25(28)27-21-8-6-5-7-9-21/h5-16,26H,3-4,17-18H2,1-2H3,(H,27,28). The summed E-state index contributed by atoms with van der Waals surface area (Å²) < 4.78 is 16.9. The Morgan fingerprint density at radius 2 is 1.52 bits per heavy atom. The van der Waals surface area contributed by atoms with Crippen molar-refractivity contribution in [2.24, 2.45) is 0 Å². The number of carbonyl (C=O) groups is 1. The van der Waals surface area contributed by atoms with Crippen molar-refractivity contribution in [2.45, 2.75) is 20.4 Å². The van der Waals surface area contributed by atoms with Gasteiger partial charge in [-0.25, -0.2) is 0 Å². The first-order chi connectivity index (χ1) is 15.2. The lowest BCUT2D eigenvalue weighted by molar-refractivity contribution is -0.118. The van der Waals surface area contributed by atoms with Gasteiger partial charge in [0.1, 0.15) is 5.75 Å². The molecule has 0 saturated heterocycles. The molecule has 0 aliphatic heterocycles. The molecule has 6 heteroatoms. The molecule has 6 nitrogen and oxygen atoms in total. The Balaban J connectivity index is 1.57. The van der Waals surface area contributed by atoms with Gasteiger partial charge >= 0.3 is 0 Å². The van der Waals surface area contributed by atoms with Crippen LogP contribution in [-0.4, -0.2) is 25.7 Å². The molecular weight excluding hydrogens is 392 g/mol. The van der Waals surface area contributed by atoms with Gasteiger partial charge in [0, 0.05) is 17.9 Å². The van der Waals surface area contributed by atoms with Gasteiger partial charge in [-0.15, -0.1) is 0 Å². The third kappa shape index (κ3) is 6.96. The predicted octanol–water partition coefficient (Wildman–Crippen LogP) is 5.11. The first-order valence-electron chi connectivity index (χ1n) is 10.4. The molecule has 0 spiro atoms. The largest absolute Gasteiger partial charge is 0.494 e. The van der Waals surface area contributed by atoms with Crippen LogP contribution in [0.15, 0.2) is 72.8 Å². The number of benzene rings is 3. The lowest BCUT2D eigenvalue weighted by atomic mass is 10.2. The van der Waals surface area contributed by atoms with E-state index in [2.05, 4.69) is 10.6 Å². The molecule has 31 heavy (non-hydrogen) atoms. The van der Waals surface area contributed by atoms with E-state index in [-0.39, 0.29) is 12.5 Å². The smallest absolute Gasteiger partial charge is 0.262 e. The van der Waals surface area contributed by atoms with Gasteiger partial charge in [0.15, 0.2) is 18.1 Å². The number of rotatable bonds is 11. The number of ether oxygens (including phenoxy) is 3. The molecule has 0 unspecified atom stereocenters. The van der Waals surface area contributed by atoms with Gasteiger partial charge < -0.3 is 24.8 Å². The monoisotopic (exact) mass is 420 g/mol. The van der Waals surface area contributed by atoms with Crippen molar-refractivity contribution in [3.8, 4) is 17.2 Å². The lowest BCUT2D eigenvalue weighted by Gasteiger charge is -2.14. The molecule has 0 aromatic heterocycles. The average Bonchev–Trinajstić information content (AvgIpc) is 2.79. The summed E-state index contributed by atoms with van der Waals surface area (Å²) in [7, 11) is 0. The molecule has 0 aliphatic rings. The zero-order chi connectivity index (χ0) is 21.9. The maximum absolute atomic E-state index is 12.2. The Labute approximate surface area is 183 Å².